The summed E-state index contributed by atoms with van der Waals surface area (Å²) in [4.78, 5) is 4.27. The molecule has 0 aliphatic heterocycles. The van der Waals surface area contributed by atoms with E-state index in [1.165, 1.54) is 25.4 Å². The van der Waals surface area contributed by atoms with E-state index in [2.05, 4.69) is 10.3 Å². The maximum Gasteiger partial charge on any atom is 0.418 e. The molecular formula is C31H24F4N2O. The SMILES string of the molecule is COc1ccc(F)c(CNc2cccc(-c3c(Cc4ccccc4)cnc4c(C(F)(F)F)cccc34)c2)c1. The number of aromatic nitrogens is 1. The number of rotatable bonds is 7. The molecule has 0 bridgehead atoms. The number of methoxy groups -OCH3 is 1. The fraction of sp³-hybridized carbons (Fsp3) is 0.129. The standard InChI is InChI=1S/C31H24F4N2O/c1-38-25-13-14-28(32)22(17-25)18-36-24-10-5-9-21(16-24)29-23(15-20-7-3-2-4-8-20)19-37-30-26(29)11-6-12-27(30)31(33,34)35/h2-14,16-17,19,36H,15,18H2,1H3. The van der Waals surface area contributed by atoms with Gasteiger partial charge in [0.25, 0.3) is 0 Å². The molecule has 38 heavy (non-hydrogen) atoms. The maximum atomic E-state index is 14.3. The zero-order valence-electron chi connectivity index (χ0n) is 20.5. The molecule has 0 fully saturated rings. The number of fused-ring (bicyclic) bond motifs is 1. The van der Waals surface area contributed by atoms with Crippen LogP contribution in [0, 0.1) is 5.82 Å². The number of para-hydroxylation sites is 1. The van der Waals surface area contributed by atoms with Crippen molar-refractivity contribution in [1.29, 1.82) is 0 Å². The second kappa shape index (κ2) is 10.5. The van der Waals surface area contributed by atoms with E-state index in [1.54, 1.807) is 18.2 Å². The van der Waals surface area contributed by atoms with Crippen LogP contribution in [-0.4, -0.2) is 12.1 Å². The van der Waals surface area contributed by atoms with Gasteiger partial charge in [-0.1, -0.05) is 54.6 Å². The molecule has 192 valence electrons. The molecule has 0 aliphatic rings. The molecule has 4 aromatic carbocycles. The Morgan fingerprint density at radius 1 is 0.842 bits per heavy atom. The van der Waals surface area contributed by atoms with Gasteiger partial charge in [0.15, 0.2) is 0 Å². The van der Waals surface area contributed by atoms with Crippen LogP contribution in [0.4, 0.5) is 23.2 Å². The third-order valence-corrected chi connectivity index (χ3v) is 6.41. The van der Waals surface area contributed by atoms with Gasteiger partial charge in [-0.2, -0.15) is 13.2 Å². The molecular weight excluding hydrogens is 492 g/mol. The van der Waals surface area contributed by atoms with E-state index < -0.39 is 11.7 Å². The summed E-state index contributed by atoms with van der Waals surface area (Å²) in [7, 11) is 1.52. The minimum Gasteiger partial charge on any atom is -0.497 e. The first-order chi connectivity index (χ1) is 18.3. The van der Waals surface area contributed by atoms with E-state index in [0.29, 0.717) is 34.4 Å². The van der Waals surface area contributed by atoms with Crippen LogP contribution in [0.15, 0.2) is 97.2 Å². The maximum absolute atomic E-state index is 14.3. The number of ether oxygens (including phenoxy) is 1. The van der Waals surface area contributed by atoms with Crippen molar-refractivity contribution >= 4 is 16.6 Å². The van der Waals surface area contributed by atoms with Crippen LogP contribution in [-0.2, 0) is 19.1 Å². The predicted octanol–water partition coefficient (Wildman–Crippen LogP) is 8.27. The van der Waals surface area contributed by atoms with Gasteiger partial charge < -0.3 is 10.1 Å². The van der Waals surface area contributed by atoms with Crippen molar-refractivity contribution in [2.75, 3.05) is 12.4 Å². The molecule has 1 aromatic heterocycles. The van der Waals surface area contributed by atoms with E-state index in [-0.39, 0.29) is 17.9 Å². The first kappa shape index (κ1) is 25.3. The first-order valence-corrected chi connectivity index (χ1v) is 12.0. The molecule has 0 saturated heterocycles. The number of alkyl halides is 3. The average Bonchev–Trinajstić information content (AvgIpc) is 2.92. The fourth-order valence-electron chi connectivity index (χ4n) is 4.58. The minimum atomic E-state index is -4.53. The Kier molecular flexibility index (Phi) is 7.01. The molecule has 0 atom stereocenters. The summed E-state index contributed by atoms with van der Waals surface area (Å²) in [6.07, 6.45) is -2.50. The zero-order chi connectivity index (χ0) is 26.7. The molecule has 0 aliphatic carbocycles. The molecule has 1 heterocycles. The largest absolute Gasteiger partial charge is 0.497 e. The smallest absolute Gasteiger partial charge is 0.418 e. The highest BCUT2D eigenvalue weighted by Gasteiger charge is 2.33. The molecule has 7 heteroatoms. The molecule has 1 N–H and O–H groups in total. The topological polar surface area (TPSA) is 34.1 Å². The number of anilines is 1. The summed E-state index contributed by atoms with van der Waals surface area (Å²) < 4.78 is 61.0. The van der Waals surface area contributed by atoms with E-state index in [0.717, 1.165) is 22.8 Å². The number of nitrogens with one attached hydrogen (secondary N) is 1. The highest BCUT2D eigenvalue weighted by Crippen LogP contribution is 2.39. The van der Waals surface area contributed by atoms with Crippen LogP contribution in [0.1, 0.15) is 22.3 Å². The molecule has 0 unspecified atom stereocenters. The van der Waals surface area contributed by atoms with Crippen molar-refractivity contribution in [3.8, 4) is 16.9 Å². The van der Waals surface area contributed by atoms with Crippen LogP contribution in [0.25, 0.3) is 22.0 Å². The Morgan fingerprint density at radius 2 is 1.63 bits per heavy atom. The second-order valence-corrected chi connectivity index (χ2v) is 8.91. The van der Waals surface area contributed by atoms with Crippen LogP contribution < -0.4 is 10.1 Å². The Bertz CT molecular complexity index is 1580. The number of halogens is 4. The molecule has 0 amide bonds. The monoisotopic (exact) mass is 516 g/mol. The van der Waals surface area contributed by atoms with Crippen LogP contribution >= 0.6 is 0 Å². The third kappa shape index (κ3) is 5.32. The van der Waals surface area contributed by atoms with Crippen LogP contribution in [0.2, 0.25) is 0 Å². The quantitative estimate of drug-likeness (QED) is 0.221. The zero-order valence-corrected chi connectivity index (χ0v) is 20.5. The summed E-state index contributed by atoms with van der Waals surface area (Å²) in [6, 6.07) is 25.8. The normalized spacial score (nSPS) is 11.5. The van der Waals surface area contributed by atoms with E-state index in [4.69, 9.17) is 4.74 Å². The molecule has 0 radical (unpaired) electrons. The van der Waals surface area contributed by atoms with Gasteiger partial charge in [0.2, 0.25) is 0 Å². The van der Waals surface area contributed by atoms with Crippen molar-refractivity contribution in [2.24, 2.45) is 0 Å². The van der Waals surface area contributed by atoms with Gasteiger partial charge in [0.1, 0.15) is 11.6 Å². The Hall–Kier alpha value is -4.39. The Labute approximate surface area is 217 Å². The molecule has 5 aromatic rings. The van der Waals surface area contributed by atoms with Gasteiger partial charge in [-0.25, -0.2) is 4.39 Å². The highest BCUT2D eigenvalue weighted by atomic mass is 19.4. The fourth-order valence-corrected chi connectivity index (χ4v) is 4.58. The lowest BCUT2D eigenvalue weighted by molar-refractivity contribution is -0.136. The van der Waals surface area contributed by atoms with Gasteiger partial charge >= 0.3 is 6.18 Å². The molecule has 0 saturated carbocycles. The number of pyridine rings is 1. The minimum absolute atomic E-state index is 0.0939. The van der Waals surface area contributed by atoms with Crippen molar-refractivity contribution < 1.29 is 22.3 Å². The predicted molar refractivity (Wildman–Crippen MR) is 142 cm³/mol. The van der Waals surface area contributed by atoms with E-state index >= 15 is 0 Å². The summed E-state index contributed by atoms with van der Waals surface area (Å²) >= 11 is 0. The van der Waals surface area contributed by atoms with Crippen molar-refractivity contribution in [3.63, 3.8) is 0 Å². The number of hydrogen-bond acceptors (Lipinski definition) is 3. The van der Waals surface area contributed by atoms with Gasteiger partial charge in [-0.15, -0.1) is 0 Å². The van der Waals surface area contributed by atoms with Gasteiger partial charge in [-0.05, 0) is 65.1 Å². The summed E-state index contributed by atoms with van der Waals surface area (Å²) in [5.74, 6) is 0.186. The third-order valence-electron chi connectivity index (χ3n) is 6.41. The van der Waals surface area contributed by atoms with Crippen molar-refractivity contribution in [3.05, 3.63) is 125 Å². The van der Waals surface area contributed by atoms with E-state index in [9.17, 15) is 17.6 Å². The average molecular weight is 517 g/mol. The van der Waals surface area contributed by atoms with Crippen molar-refractivity contribution in [1.82, 2.24) is 4.98 Å². The lowest BCUT2D eigenvalue weighted by Gasteiger charge is -2.17. The molecule has 3 nitrogen and oxygen atoms in total. The number of benzene rings is 4. The van der Waals surface area contributed by atoms with Gasteiger partial charge in [-0.3, -0.25) is 4.98 Å². The summed E-state index contributed by atoms with van der Waals surface area (Å²) in [5, 5.41) is 3.65. The van der Waals surface area contributed by atoms with Crippen LogP contribution in [0.3, 0.4) is 0 Å². The van der Waals surface area contributed by atoms with Crippen molar-refractivity contribution in [2.45, 2.75) is 19.1 Å². The number of hydrogen-bond donors (Lipinski definition) is 1. The van der Waals surface area contributed by atoms with Gasteiger partial charge in [0.05, 0.1) is 18.2 Å². The van der Waals surface area contributed by atoms with Gasteiger partial charge in [0, 0.05) is 29.4 Å². The Balaban J connectivity index is 1.59. The lowest BCUT2D eigenvalue weighted by atomic mass is 9.91. The summed E-state index contributed by atoms with van der Waals surface area (Å²) in [6.45, 7) is 0.207. The number of nitrogens with zero attached hydrogens (tertiary/aromatic N) is 1. The molecule has 0 spiro atoms. The second-order valence-electron chi connectivity index (χ2n) is 8.91. The van der Waals surface area contributed by atoms with E-state index in [1.807, 2.05) is 54.6 Å². The lowest BCUT2D eigenvalue weighted by Crippen LogP contribution is -2.07. The first-order valence-electron chi connectivity index (χ1n) is 12.0. The molecule has 5 rings (SSSR count). The summed E-state index contributed by atoms with van der Waals surface area (Å²) in [5.41, 5.74) is 3.51. The van der Waals surface area contributed by atoms with Crippen LogP contribution in [0.5, 0.6) is 5.75 Å². The Morgan fingerprint density at radius 3 is 2.39 bits per heavy atom. The highest BCUT2D eigenvalue weighted by molar-refractivity contribution is 5.98.